The summed E-state index contributed by atoms with van der Waals surface area (Å²) in [6, 6.07) is 7.24. The van der Waals surface area contributed by atoms with E-state index in [0.29, 0.717) is 40.8 Å². The molecule has 2 heterocycles. The number of rotatable bonds is 4. The van der Waals surface area contributed by atoms with Gasteiger partial charge in [-0.3, -0.25) is 4.68 Å². The van der Waals surface area contributed by atoms with Crippen LogP contribution in [0, 0.1) is 19.8 Å². The molecule has 0 aliphatic carbocycles. The van der Waals surface area contributed by atoms with Gasteiger partial charge in [0.25, 0.3) is 0 Å². The van der Waals surface area contributed by atoms with Crippen molar-refractivity contribution in [3.63, 3.8) is 0 Å². The third-order valence-corrected chi connectivity index (χ3v) is 7.30. The van der Waals surface area contributed by atoms with Crippen LogP contribution in [0.5, 0.6) is 5.75 Å². The molecule has 1 aromatic heterocycles. The molecule has 3 rings (SSSR count). The minimum Gasteiger partial charge on any atom is -0.490 e. The predicted octanol–water partition coefficient (Wildman–Crippen LogP) is 3.17. The van der Waals surface area contributed by atoms with Gasteiger partial charge in [-0.05, 0) is 44.5 Å². The molecule has 26 heavy (non-hydrogen) atoms. The molecule has 0 spiro atoms. The Labute approximate surface area is 159 Å². The third-order valence-electron chi connectivity index (χ3n) is 4.93. The van der Waals surface area contributed by atoms with Crippen LogP contribution >= 0.6 is 11.6 Å². The van der Waals surface area contributed by atoms with E-state index in [9.17, 15) is 8.42 Å². The lowest BCUT2D eigenvalue weighted by Gasteiger charge is -2.36. The number of nitrogens with zero attached hydrogens (tertiary/aromatic N) is 3. The first-order valence-electron chi connectivity index (χ1n) is 8.62. The molecule has 0 bridgehead atoms. The van der Waals surface area contributed by atoms with Crippen molar-refractivity contribution < 1.29 is 13.2 Å². The lowest BCUT2D eigenvalue weighted by molar-refractivity contribution is 0.0836. The topological polar surface area (TPSA) is 64.4 Å². The van der Waals surface area contributed by atoms with E-state index in [0.717, 1.165) is 5.75 Å². The van der Waals surface area contributed by atoms with E-state index in [-0.39, 0.29) is 12.0 Å². The molecule has 2 atom stereocenters. The molecule has 1 aliphatic heterocycles. The highest BCUT2D eigenvalue weighted by Crippen LogP contribution is 2.29. The van der Waals surface area contributed by atoms with Crippen molar-refractivity contribution >= 4 is 21.6 Å². The second-order valence-corrected chi connectivity index (χ2v) is 9.17. The van der Waals surface area contributed by atoms with E-state index in [1.165, 1.54) is 0 Å². The van der Waals surface area contributed by atoms with Gasteiger partial charge in [-0.2, -0.15) is 9.40 Å². The summed E-state index contributed by atoms with van der Waals surface area (Å²) in [4.78, 5) is 0.323. The quantitative estimate of drug-likeness (QED) is 0.794. The first-order chi connectivity index (χ1) is 12.2. The summed E-state index contributed by atoms with van der Waals surface area (Å²) in [5.41, 5.74) is 1.20. The van der Waals surface area contributed by atoms with Crippen molar-refractivity contribution in [1.29, 1.82) is 0 Å². The van der Waals surface area contributed by atoms with Gasteiger partial charge in [-0.1, -0.05) is 18.5 Å². The molecule has 1 aliphatic rings. The fourth-order valence-electron chi connectivity index (χ4n) is 3.42. The number of halogens is 1. The minimum atomic E-state index is -3.56. The SMILES string of the molecule is Cc1nn(C)c(C)c1S(=O)(=O)N1CCC(Oc2ccc(Cl)cc2)C(C)C1. The fourth-order valence-corrected chi connectivity index (χ4v) is 5.50. The number of aromatic nitrogens is 2. The molecule has 2 unspecified atom stereocenters. The lowest BCUT2D eigenvalue weighted by Crippen LogP contribution is -2.47. The Morgan fingerprint density at radius 2 is 1.88 bits per heavy atom. The zero-order valence-corrected chi connectivity index (χ0v) is 17.0. The molecule has 0 radical (unpaired) electrons. The molecule has 142 valence electrons. The Kier molecular flexibility index (Phi) is 5.33. The Morgan fingerprint density at radius 3 is 2.42 bits per heavy atom. The number of hydrogen-bond donors (Lipinski definition) is 0. The van der Waals surface area contributed by atoms with Gasteiger partial charge in [0.1, 0.15) is 16.7 Å². The highest BCUT2D eigenvalue weighted by Gasteiger charge is 2.37. The van der Waals surface area contributed by atoms with Gasteiger partial charge in [0, 0.05) is 31.1 Å². The Balaban J connectivity index is 1.74. The second kappa shape index (κ2) is 7.21. The average Bonchev–Trinajstić information content (AvgIpc) is 2.84. The van der Waals surface area contributed by atoms with Gasteiger partial charge < -0.3 is 4.74 Å². The molecule has 1 fully saturated rings. The van der Waals surface area contributed by atoms with Crippen molar-refractivity contribution in [1.82, 2.24) is 14.1 Å². The van der Waals surface area contributed by atoms with Crippen molar-refractivity contribution in [2.45, 2.75) is 38.2 Å². The molecule has 6 nitrogen and oxygen atoms in total. The summed E-state index contributed by atoms with van der Waals surface area (Å²) in [6.07, 6.45) is 0.611. The highest BCUT2D eigenvalue weighted by atomic mass is 35.5. The number of piperidine rings is 1. The zero-order chi connectivity index (χ0) is 19.1. The summed E-state index contributed by atoms with van der Waals surface area (Å²) in [7, 11) is -1.80. The van der Waals surface area contributed by atoms with E-state index < -0.39 is 10.0 Å². The normalized spacial score (nSPS) is 21.7. The van der Waals surface area contributed by atoms with Crippen LogP contribution in [0.15, 0.2) is 29.2 Å². The van der Waals surface area contributed by atoms with E-state index in [4.69, 9.17) is 16.3 Å². The predicted molar refractivity (Wildman–Crippen MR) is 101 cm³/mol. The largest absolute Gasteiger partial charge is 0.490 e. The average molecular weight is 398 g/mol. The Morgan fingerprint density at radius 1 is 1.23 bits per heavy atom. The van der Waals surface area contributed by atoms with Crippen molar-refractivity contribution in [3.05, 3.63) is 40.7 Å². The monoisotopic (exact) mass is 397 g/mol. The van der Waals surface area contributed by atoms with Gasteiger partial charge in [-0.15, -0.1) is 0 Å². The molecule has 1 aromatic carbocycles. The fraction of sp³-hybridized carbons (Fsp3) is 0.500. The van der Waals surface area contributed by atoms with Crippen LogP contribution in [0.25, 0.3) is 0 Å². The maximum Gasteiger partial charge on any atom is 0.246 e. The van der Waals surface area contributed by atoms with Crippen LogP contribution in [0.2, 0.25) is 5.02 Å². The minimum absolute atomic E-state index is 0.0290. The Bertz CT molecular complexity index is 893. The maximum atomic E-state index is 13.1. The molecule has 0 amide bonds. The second-order valence-electron chi connectivity index (χ2n) is 6.86. The van der Waals surface area contributed by atoms with Gasteiger partial charge in [-0.25, -0.2) is 8.42 Å². The molecular weight excluding hydrogens is 374 g/mol. The van der Waals surface area contributed by atoms with Crippen LogP contribution in [-0.2, 0) is 17.1 Å². The summed E-state index contributed by atoms with van der Waals surface area (Å²) in [6.45, 7) is 6.39. The Hall–Kier alpha value is -1.57. The van der Waals surface area contributed by atoms with Crippen LogP contribution in [0.4, 0.5) is 0 Å². The van der Waals surface area contributed by atoms with Crippen LogP contribution in [-0.4, -0.2) is 41.7 Å². The molecule has 8 heteroatoms. The molecule has 1 saturated heterocycles. The molecule has 0 saturated carbocycles. The van der Waals surface area contributed by atoms with Gasteiger partial charge >= 0.3 is 0 Å². The first-order valence-corrected chi connectivity index (χ1v) is 10.4. The van der Waals surface area contributed by atoms with Crippen molar-refractivity contribution in [2.24, 2.45) is 13.0 Å². The maximum absolute atomic E-state index is 13.1. The van der Waals surface area contributed by atoms with E-state index >= 15 is 0 Å². The van der Waals surface area contributed by atoms with Gasteiger partial charge in [0.05, 0.1) is 11.4 Å². The van der Waals surface area contributed by atoms with Crippen molar-refractivity contribution in [2.75, 3.05) is 13.1 Å². The number of aryl methyl sites for hydroxylation is 2. The van der Waals surface area contributed by atoms with Crippen LogP contribution in [0.3, 0.4) is 0 Å². The number of benzene rings is 1. The number of sulfonamides is 1. The van der Waals surface area contributed by atoms with E-state index in [1.807, 2.05) is 19.1 Å². The number of ether oxygens (including phenoxy) is 1. The zero-order valence-electron chi connectivity index (χ0n) is 15.4. The third kappa shape index (κ3) is 3.61. The van der Waals surface area contributed by atoms with E-state index in [1.54, 1.807) is 42.0 Å². The highest BCUT2D eigenvalue weighted by molar-refractivity contribution is 7.89. The first kappa shape index (κ1) is 19.2. The molecular formula is C18H24ClN3O3S. The molecule has 2 aromatic rings. The van der Waals surface area contributed by atoms with Crippen molar-refractivity contribution in [3.8, 4) is 5.75 Å². The van der Waals surface area contributed by atoms with E-state index in [2.05, 4.69) is 5.10 Å². The summed E-state index contributed by atoms with van der Waals surface area (Å²) in [5.74, 6) is 0.827. The number of hydrogen-bond acceptors (Lipinski definition) is 4. The van der Waals surface area contributed by atoms with Gasteiger partial charge in [0.2, 0.25) is 10.0 Å². The van der Waals surface area contributed by atoms with Crippen LogP contribution in [0.1, 0.15) is 24.7 Å². The lowest BCUT2D eigenvalue weighted by atomic mass is 9.98. The summed E-state index contributed by atoms with van der Waals surface area (Å²) >= 11 is 5.90. The van der Waals surface area contributed by atoms with Gasteiger partial charge in [0.15, 0.2) is 0 Å². The summed E-state index contributed by atoms with van der Waals surface area (Å²) < 4.78 is 35.4. The summed E-state index contributed by atoms with van der Waals surface area (Å²) in [5, 5.41) is 4.90. The standard InChI is InChI=1S/C18H24ClN3O3S/c1-12-11-22(26(23,24)18-13(2)20-21(4)14(18)3)10-9-17(12)25-16-7-5-15(19)6-8-16/h5-8,12,17H,9-11H2,1-4H3. The smallest absolute Gasteiger partial charge is 0.246 e. The molecule has 0 N–H and O–H groups in total. The van der Waals surface area contributed by atoms with Crippen LogP contribution < -0.4 is 4.74 Å².